The second-order valence-electron chi connectivity index (χ2n) is 9.04. The molecule has 2 N–H and O–H groups in total. The van der Waals surface area contributed by atoms with Crippen LogP contribution in [-0.4, -0.2) is 53.1 Å². The second kappa shape index (κ2) is 10.8. The van der Waals surface area contributed by atoms with Crippen LogP contribution in [0.25, 0.3) is 0 Å². The normalized spacial score (nSPS) is 20.6. The van der Waals surface area contributed by atoms with Crippen molar-refractivity contribution in [2.24, 2.45) is 16.8 Å². The van der Waals surface area contributed by atoms with Crippen LogP contribution >= 0.6 is 0 Å². The Morgan fingerprint density at radius 1 is 1.18 bits per heavy atom. The molecule has 0 amide bonds. The van der Waals surface area contributed by atoms with Gasteiger partial charge >= 0.3 is 0 Å². The van der Waals surface area contributed by atoms with Crippen LogP contribution in [0.4, 0.5) is 0 Å². The molecule has 0 unspecified atom stereocenters. The molecule has 0 spiro atoms. The van der Waals surface area contributed by atoms with E-state index in [1.54, 1.807) is 0 Å². The molecule has 28 heavy (non-hydrogen) atoms. The van der Waals surface area contributed by atoms with Crippen LogP contribution in [0, 0.1) is 11.8 Å². The van der Waals surface area contributed by atoms with Crippen LogP contribution in [0.1, 0.15) is 64.6 Å². The van der Waals surface area contributed by atoms with E-state index in [2.05, 4.69) is 50.1 Å². The molecule has 2 fully saturated rings. The number of rotatable bonds is 7. The van der Waals surface area contributed by atoms with E-state index in [4.69, 9.17) is 0 Å². The van der Waals surface area contributed by atoms with Gasteiger partial charge in [-0.1, -0.05) is 33.1 Å². The first-order chi connectivity index (χ1) is 13.6. The highest BCUT2D eigenvalue weighted by molar-refractivity contribution is 5.79. The van der Waals surface area contributed by atoms with Gasteiger partial charge in [0.25, 0.3) is 0 Å². The number of hydrogen-bond donors (Lipinski definition) is 2. The third-order valence-electron chi connectivity index (χ3n) is 6.17. The number of imidazole rings is 1. The minimum Gasteiger partial charge on any atom is -0.354 e. The average Bonchev–Trinajstić information content (AvgIpc) is 3.13. The molecule has 3 rings (SSSR count). The van der Waals surface area contributed by atoms with Crippen molar-refractivity contribution in [3.05, 3.63) is 18.2 Å². The standard InChI is InChI=1S/C22H40N6/c1-18(2)16-28-14-11-24-21(28)15-25-22(23-3)26-20-9-12-27(13-10-20)17-19-7-5-4-6-8-19/h11,14,18-20H,4-10,12-13,15-17H2,1-3H3,(H2,23,25,26). The zero-order chi connectivity index (χ0) is 19.8. The van der Waals surface area contributed by atoms with Gasteiger partial charge in [-0.2, -0.15) is 0 Å². The summed E-state index contributed by atoms with van der Waals surface area (Å²) in [6.45, 7) is 9.92. The zero-order valence-corrected chi connectivity index (χ0v) is 18.2. The number of aromatic nitrogens is 2. The summed E-state index contributed by atoms with van der Waals surface area (Å²) in [4.78, 5) is 11.6. The van der Waals surface area contributed by atoms with E-state index in [1.807, 2.05) is 13.2 Å². The van der Waals surface area contributed by atoms with Crippen LogP contribution < -0.4 is 10.6 Å². The highest BCUT2D eigenvalue weighted by Crippen LogP contribution is 2.25. The fourth-order valence-corrected chi connectivity index (χ4v) is 4.61. The van der Waals surface area contributed by atoms with Crippen LogP contribution in [0.5, 0.6) is 0 Å². The van der Waals surface area contributed by atoms with E-state index in [1.165, 1.54) is 64.6 Å². The minimum atomic E-state index is 0.518. The molecule has 158 valence electrons. The van der Waals surface area contributed by atoms with Crippen LogP contribution in [0.3, 0.4) is 0 Å². The molecule has 0 atom stereocenters. The third kappa shape index (κ3) is 6.50. The Balaban J connectivity index is 1.39. The monoisotopic (exact) mass is 388 g/mol. The van der Waals surface area contributed by atoms with Crippen molar-refractivity contribution >= 4 is 5.96 Å². The van der Waals surface area contributed by atoms with Crippen molar-refractivity contribution in [3.8, 4) is 0 Å². The van der Waals surface area contributed by atoms with Gasteiger partial charge in [-0.15, -0.1) is 0 Å². The number of nitrogens with zero attached hydrogens (tertiary/aromatic N) is 4. The number of piperidine rings is 1. The van der Waals surface area contributed by atoms with Crippen molar-refractivity contribution in [2.75, 3.05) is 26.7 Å². The van der Waals surface area contributed by atoms with Gasteiger partial charge in [-0.05, 0) is 37.5 Å². The second-order valence-corrected chi connectivity index (χ2v) is 9.04. The lowest BCUT2D eigenvalue weighted by atomic mass is 9.88. The number of guanidine groups is 1. The van der Waals surface area contributed by atoms with Gasteiger partial charge in [0, 0.05) is 51.7 Å². The summed E-state index contributed by atoms with van der Waals surface area (Å²) in [6, 6.07) is 0.518. The molecule has 6 heteroatoms. The van der Waals surface area contributed by atoms with Gasteiger partial charge in [0.05, 0.1) is 6.54 Å². The lowest BCUT2D eigenvalue weighted by molar-refractivity contribution is 0.160. The topological polar surface area (TPSA) is 57.5 Å². The summed E-state index contributed by atoms with van der Waals surface area (Å²) in [5.41, 5.74) is 0. The summed E-state index contributed by atoms with van der Waals surface area (Å²) >= 11 is 0. The summed E-state index contributed by atoms with van der Waals surface area (Å²) in [5.74, 6) is 3.52. The Kier molecular flexibility index (Phi) is 8.19. The molecule has 2 aliphatic rings. The quantitative estimate of drug-likeness (QED) is 0.556. The third-order valence-corrected chi connectivity index (χ3v) is 6.17. The lowest BCUT2D eigenvalue weighted by Gasteiger charge is -2.36. The first-order valence-corrected chi connectivity index (χ1v) is 11.3. The largest absolute Gasteiger partial charge is 0.354 e. The Morgan fingerprint density at radius 3 is 2.61 bits per heavy atom. The van der Waals surface area contributed by atoms with E-state index >= 15 is 0 Å². The molecule has 0 bridgehead atoms. The van der Waals surface area contributed by atoms with Gasteiger partial charge in [0.2, 0.25) is 0 Å². The van der Waals surface area contributed by atoms with Crippen molar-refractivity contribution in [2.45, 2.75) is 77.9 Å². The molecule has 1 saturated carbocycles. The Bertz CT molecular complexity index is 594. The van der Waals surface area contributed by atoms with E-state index in [-0.39, 0.29) is 0 Å². The fourth-order valence-electron chi connectivity index (χ4n) is 4.61. The van der Waals surface area contributed by atoms with E-state index in [0.717, 1.165) is 24.2 Å². The van der Waals surface area contributed by atoms with Crippen LogP contribution in [0.15, 0.2) is 17.4 Å². The number of likely N-dealkylation sites (tertiary alicyclic amines) is 1. The molecule has 1 aromatic rings. The molecule has 1 aliphatic heterocycles. The Labute approximate surface area is 171 Å². The molecular formula is C22H40N6. The summed E-state index contributed by atoms with van der Waals surface area (Å²) in [7, 11) is 1.86. The van der Waals surface area contributed by atoms with E-state index in [0.29, 0.717) is 18.5 Å². The maximum absolute atomic E-state index is 4.50. The molecule has 6 nitrogen and oxygen atoms in total. The number of nitrogens with one attached hydrogen (secondary N) is 2. The number of aliphatic imine (C=N–C) groups is 1. The molecule has 1 saturated heterocycles. The number of hydrogen-bond acceptors (Lipinski definition) is 3. The lowest BCUT2D eigenvalue weighted by Crippen LogP contribution is -2.49. The predicted molar refractivity (Wildman–Crippen MR) is 116 cm³/mol. The predicted octanol–water partition coefficient (Wildman–Crippen LogP) is 3.25. The average molecular weight is 389 g/mol. The van der Waals surface area contributed by atoms with Gasteiger partial charge in [-0.3, -0.25) is 4.99 Å². The first-order valence-electron chi connectivity index (χ1n) is 11.3. The molecular weight excluding hydrogens is 348 g/mol. The SMILES string of the molecule is CN=C(NCc1nccn1CC(C)C)NC1CCN(CC2CCCCC2)CC1. The summed E-state index contributed by atoms with van der Waals surface area (Å²) in [6.07, 6.45) is 13.6. The highest BCUT2D eigenvalue weighted by Gasteiger charge is 2.23. The Morgan fingerprint density at radius 2 is 1.93 bits per heavy atom. The van der Waals surface area contributed by atoms with Crippen molar-refractivity contribution in [3.63, 3.8) is 0 Å². The Hall–Kier alpha value is -1.56. The maximum atomic E-state index is 4.50. The van der Waals surface area contributed by atoms with Gasteiger partial charge in [0.15, 0.2) is 5.96 Å². The zero-order valence-electron chi connectivity index (χ0n) is 18.2. The smallest absolute Gasteiger partial charge is 0.191 e. The van der Waals surface area contributed by atoms with Gasteiger partial charge in [-0.25, -0.2) is 4.98 Å². The molecule has 2 heterocycles. The van der Waals surface area contributed by atoms with Crippen LogP contribution in [0.2, 0.25) is 0 Å². The van der Waals surface area contributed by atoms with E-state index in [9.17, 15) is 0 Å². The maximum Gasteiger partial charge on any atom is 0.191 e. The van der Waals surface area contributed by atoms with Crippen molar-refractivity contribution in [1.82, 2.24) is 25.1 Å². The molecule has 0 radical (unpaired) electrons. The summed E-state index contributed by atoms with van der Waals surface area (Å²) < 4.78 is 2.23. The minimum absolute atomic E-state index is 0.518. The molecule has 0 aromatic carbocycles. The highest BCUT2D eigenvalue weighted by atomic mass is 15.2. The fraction of sp³-hybridized carbons (Fsp3) is 0.818. The molecule has 1 aromatic heterocycles. The van der Waals surface area contributed by atoms with Crippen LogP contribution in [-0.2, 0) is 13.1 Å². The van der Waals surface area contributed by atoms with E-state index < -0.39 is 0 Å². The van der Waals surface area contributed by atoms with Crippen molar-refractivity contribution in [1.29, 1.82) is 0 Å². The summed E-state index contributed by atoms with van der Waals surface area (Å²) in [5, 5.41) is 7.08. The van der Waals surface area contributed by atoms with Gasteiger partial charge < -0.3 is 20.1 Å². The molecule has 1 aliphatic carbocycles. The van der Waals surface area contributed by atoms with Crippen molar-refractivity contribution < 1.29 is 0 Å². The van der Waals surface area contributed by atoms with Gasteiger partial charge in [0.1, 0.15) is 5.82 Å². The first kappa shape index (κ1) is 21.2.